The average Bonchev–Trinajstić information content (AvgIpc) is 2.68. The number of carboxylic acid groups (broad SMARTS) is 1. The highest BCUT2D eigenvalue weighted by molar-refractivity contribution is 5.95. The molecule has 5 nitrogen and oxygen atoms in total. The Labute approximate surface area is 105 Å². The van der Waals surface area contributed by atoms with Crippen LogP contribution < -0.4 is 5.32 Å². The summed E-state index contributed by atoms with van der Waals surface area (Å²) in [6.45, 7) is 0.640. The third kappa shape index (κ3) is 3.12. The molecule has 1 aromatic heterocycles. The van der Waals surface area contributed by atoms with Gasteiger partial charge in [-0.1, -0.05) is 19.3 Å². The monoisotopic (exact) mass is 251 g/mol. The summed E-state index contributed by atoms with van der Waals surface area (Å²) >= 11 is 0. The minimum absolute atomic E-state index is 0.212. The lowest BCUT2D eigenvalue weighted by Gasteiger charge is -2.25. The van der Waals surface area contributed by atoms with Crippen molar-refractivity contribution in [3.05, 3.63) is 23.7 Å². The number of hydrogen-bond donors (Lipinski definition) is 2. The van der Waals surface area contributed by atoms with Gasteiger partial charge in [-0.05, 0) is 18.4 Å². The predicted molar refractivity (Wildman–Crippen MR) is 64.3 cm³/mol. The SMILES string of the molecule is O=C(O)Cc1occc1C(=O)NCCC1CCC1. The molecule has 1 aliphatic carbocycles. The van der Waals surface area contributed by atoms with Crippen molar-refractivity contribution in [1.82, 2.24) is 5.32 Å². The molecule has 0 saturated heterocycles. The average molecular weight is 251 g/mol. The number of nitrogens with one attached hydrogen (secondary N) is 1. The highest BCUT2D eigenvalue weighted by Crippen LogP contribution is 2.28. The molecule has 1 aliphatic rings. The zero-order chi connectivity index (χ0) is 13.0. The van der Waals surface area contributed by atoms with Crippen LogP contribution in [-0.4, -0.2) is 23.5 Å². The molecule has 5 heteroatoms. The van der Waals surface area contributed by atoms with E-state index in [0.717, 1.165) is 12.3 Å². The molecule has 0 aliphatic heterocycles. The Morgan fingerprint density at radius 1 is 1.44 bits per heavy atom. The molecular formula is C13H17NO4. The second kappa shape index (κ2) is 5.71. The molecule has 1 amide bonds. The molecule has 1 aromatic rings. The lowest BCUT2D eigenvalue weighted by atomic mass is 9.83. The van der Waals surface area contributed by atoms with Gasteiger partial charge in [0.2, 0.25) is 0 Å². The Morgan fingerprint density at radius 2 is 2.22 bits per heavy atom. The van der Waals surface area contributed by atoms with Crippen LogP contribution in [0.5, 0.6) is 0 Å². The first-order valence-electron chi connectivity index (χ1n) is 6.23. The van der Waals surface area contributed by atoms with Gasteiger partial charge in [0.1, 0.15) is 12.2 Å². The van der Waals surface area contributed by atoms with E-state index in [0.29, 0.717) is 12.1 Å². The van der Waals surface area contributed by atoms with Gasteiger partial charge in [0.15, 0.2) is 0 Å². The van der Waals surface area contributed by atoms with Crippen molar-refractivity contribution in [3.8, 4) is 0 Å². The molecule has 18 heavy (non-hydrogen) atoms. The Bertz CT molecular complexity index is 434. The fourth-order valence-electron chi connectivity index (χ4n) is 2.08. The highest BCUT2D eigenvalue weighted by atomic mass is 16.4. The van der Waals surface area contributed by atoms with Crippen LogP contribution >= 0.6 is 0 Å². The molecule has 1 heterocycles. The van der Waals surface area contributed by atoms with Crippen LogP contribution in [0.25, 0.3) is 0 Å². The number of carbonyl (C=O) groups is 2. The lowest BCUT2D eigenvalue weighted by Crippen LogP contribution is -2.28. The van der Waals surface area contributed by atoms with Crippen molar-refractivity contribution in [3.63, 3.8) is 0 Å². The maximum atomic E-state index is 11.8. The van der Waals surface area contributed by atoms with E-state index >= 15 is 0 Å². The van der Waals surface area contributed by atoms with Crippen molar-refractivity contribution in [1.29, 1.82) is 0 Å². The fraction of sp³-hybridized carbons (Fsp3) is 0.538. The first-order valence-corrected chi connectivity index (χ1v) is 6.23. The molecule has 0 bridgehead atoms. The zero-order valence-electron chi connectivity index (χ0n) is 10.1. The van der Waals surface area contributed by atoms with Gasteiger partial charge in [-0.3, -0.25) is 9.59 Å². The Hall–Kier alpha value is -1.78. The minimum atomic E-state index is -1.01. The van der Waals surface area contributed by atoms with E-state index in [2.05, 4.69) is 5.32 Å². The molecule has 1 saturated carbocycles. The van der Waals surface area contributed by atoms with Gasteiger partial charge in [-0.15, -0.1) is 0 Å². The van der Waals surface area contributed by atoms with E-state index in [1.165, 1.54) is 31.6 Å². The number of hydrogen-bond acceptors (Lipinski definition) is 3. The number of carbonyl (C=O) groups excluding carboxylic acids is 1. The Kier molecular flexibility index (Phi) is 4.02. The maximum absolute atomic E-state index is 11.8. The van der Waals surface area contributed by atoms with Crippen molar-refractivity contribution in [2.24, 2.45) is 5.92 Å². The lowest BCUT2D eigenvalue weighted by molar-refractivity contribution is -0.136. The van der Waals surface area contributed by atoms with Gasteiger partial charge in [-0.2, -0.15) is 0 Å². The van der Waals surface area contributed by atoms with Gasteiger partial charge >= 0.3 is 5.97 Å². The molecule has 2 N–H and O–H groups in total. The van der Waals surface area contributed by atoms with Crippen LogP contribution in [-0.2, 0) is 11.2 Å². The highest BCUT2D eigenvalue weighted by Gasteiger charge is 2.19. The molecular weight excluding hydrogens is 234 g/mol. The number of amides is 1. The first kappa shape index (κ1) is 12.7. The summed E-state index contributed by atoms with van der Waals surface area (Å²) in [5.74, 6) is -0.301. The molecule has 1 fully saturated rings. The second-order valence-electron chi connectivity index (χ2n) is 4.67. The van der Waals surface area contributed by atoms with Crippen LogP contribution in [0.4, 0.5) is 0 Å². The van der Waals surface area contributed by atoms with E-state index in [9.17, 15) is 9.59 Å². The second-order valence-corrected chi connectivity index (χ2v) is 4.67. The maximum Gasteiger partial charge on any atom is 0.311 e. The predicted octanol–water partition coefficient (Wildman–Crippen LogP) is 1.83. The molecule has 98 valence electrons. The number of furan rings is 1. The largest absolute Gasteiger partial charge is 0.481 e. The first-order chi connectivity index (χ1) is 8.66. The van der Waals surface area contributed by atoms with Crippen LogP contribution in [0.1, 0.15) is 41.8 Å². The quantitative estimate of drug-likeness (QED) is 0.808. The van der Waals surface area contributed by atoms with Gasteiger partial charge in [0.25, 0.3) is 5.91 Å². The van der Waals surface area contributed by atoms with E-state index in [-0.39, 0.29) is 18.1 Å². The zero-order valence-corrected chi connectivity index (χ0v) is 10.1. The number of aliphatic carboxylic acids is 1. The molecule has 0 spiro atoms. The summed E-state index contributed by atoms with van der Waals surface area (Å²) in [6.07, 6.45) is 5.89. The smallest absolute Gasteiger partial charge is 0.311 e. The molecule has 0 unspecified atom stereocenters. The van der Waals surface area contributed by atoms with Crippen LogP contribution in [0.2, 0.25) is 0 Å². The third-order valence-corrected chi connectivity index (χ3v) is 3.36. The topological polar surface area (TPSA) is 79.5 Å². The van der Waals surface area contributed by atoms with Gasteiger partial charge < -0.3 is 14.8 Å². The van der Waals surface area contributed by atoms with Gasteiger partial charge in [0.05, 0.1) is 11.8 Å². The van der Waals surface area contributed by atoms with Crippen LogP contribution in [0, 0.1) is 5.92 Å². The standard InChI is InChI=1S/C13H17NO4/c15-12(16)8-11-10(5-7-18-11)13(17)14-6-4-9-2-1-3-9/h5,7,9H,1-4,6,8H2,(H,14,17)(H,15,16). The third-order valence-electron chi connectivity index (χ3n) is 3.36. The summed E-state index contributed by atoms with van der Waals surface area (Å²) in [5.41, 5.74) is 0.325. The van der Waals surface area contributed by atoms with Crippen molar-refractivity contribution in [2.75, 3.05) is 6.54 Å². The van der Waals surface area contributed by atoms with E-state index < -0.39 is 5.97 Å². The van der Waals surface area contributed by atoms with Crippen molar-refractivity contribution >= 4 is 11.9 Å². The summed E-state index contributed by atoms with van der Waals surface area (Å²) < 4.78 is 5.01. The van der Waals surface area contributed by atoms with Gasteiger partial charge in [-0.25, -0.2) is 0 Å². The minimum Gasteiger partial charge on any atom is -0.481 e. The molecule has 0 aromatic carbocycles. The van der Waals surface area contributed by atoms with Crippen LogP contribution in [0.15, 0.2) is 16.7 Å². The normalized spacial score (nSPS) is 15.1. The van der Waals surface area contributed by atoms with E-state index in [4.69, 9.17) is 9.52 Å². The van der Waals surface area contributed by atoms with Crippen molar-refractivity contribution in [2.45, 2.75) is 32.1 Å². The van der Waals surface area contributed by atoms with Crippen molar-refractivity contribution < 1.29 is 19.1 Å². The van der Waals surface area contributed by atoms with Gasteiger partial charge in [0, 0.05) is 6.54 Å². The molecule has 2 rings (SSSR count). The summed E-state index contributed by atoms with van der Waals surface area (Å²) in [7, 11) is 0. The fourth-order valence-corrected chi connectivity index (χ4v) is 2.08. The Balaban J connectivity index is 1.83. The summed E-state index contributed by atoms with van der Waals surface area (Å²) in [6, 6.07) is 1.51. The van der Waals surface area contributed by atoms with E-state index in [1.54, 1.807) is 0 Å². The summed E-state index contributed by atoms with van der Waals surface area (Å²) in [5, 5.41) is 11.5. The molecule has 0 atom stereocenters. The number of rotatable bonds is 6. The molecule has 0 radical (unpaired) electrons. The number of carboxylic acids is 1. The van der Waals surface area contributed by atoms with Crippen LogP contribution in [0.3, 0.4) is 0 Å². The summed E-state index contributed by atoms with van der Waals surface area (Å²) in [4.78, 5) is 22.4. The Morgan fingerprint density at radius 3 is 2.83 bits per heavy atom. The van der Waals surface area contributed by atoms with E-state index in [1.807, 2.05) is 0 Å².